The molecular formula is C8H14N2. The summed E-state index contributed by atoms with van der Waals surface area (Å²) in [6.45, 7) is 7.09. The van der Waals surface area contributed by atoms with Crippen molar-refractivity contribution in [1.82, 2.24) is 0 Å². The van der Waals surface area contributed by atoms with E-state index in [0.29, 0.717) is 18.5 Å². The fraction of sp³-hybridized carbons (Fsp3) is 0.250. The Labute approximate surface area is 61.9 Å². The van der Waals surface area contributed by atoms with Gasteiger partial charge in [0.2, 0.25) is 0 Å². The Balaban J connectivity index is 3.67. The van der Waals surface area contributed by atoms with Crippen LogP contribution in [0.1, 0.15) is 12.8 Å². The maximum Gasteiger partial charge on any atom is 0.00821 e. The van der Waals surface area contributed by atoms with Crippen molar-refractivity contribution in [3.8, 4) is 0 Å². The molecule has 56 valence electrons. The van der Waals surface area contributed by atoms with Crippen molar-refractivity contribution in [2.24, 2.45) is 11.5 Å². The number of allylic oxidation sites excluding steroid dienone is 2. The first-order chi connectivity index (χ1) is 4.66. The minimum absolute atomic E-state index is 0.631. The zero-order valence-electron chi connectivity index (χ0n) is 6.14. The predicted molar refractivity (Wildman–Crippen MR) is 45.0 cm³/mol. The number of rotatable bonds is 4. The molecule has 0 unspecified atom stereocenters. The smallest absolute Gasteiger partial charge is 0.00821 e. The van der Waals surface area contributed by atoms with Gasteiger partial charge in [0.15, 0.2) is 0 Å². The van der Waals surface area contributed by atoms with Gasteiger partial charge in [0, 0.05) is 24.2 Å². The molecule has 0 fully saturated rings. The van der Waals surface area contributed by atoms with Crippen LogP contribution in [0, 0.1) is 0 Å². The first-order valence-corrected chi connectivity index (χ1v) is 3.15. The molecule has 0 spiro atoms. The molecule has 4 N–H and O–H groups in total. The zero-order valence-corrected chi connectivity index (χ0v) is 6.14. The van der Waals surface area contributed by atoms with Gasteiger partial charge in [-0.1, -0.05) is 18.7 Å². The van der Waals surface area contributed by atoms with Crippen LogP contribution < -0.4 is 11.5 Å². The van der Waals surface area contributed by atoms with Crippen LogP contribution in [0.2, 0.25) is 0 Å². The minimum atomic E-state index is 0.631. The Morgan fingerprint density at radius 2 is 1.90 bits per heavy atom. The average molecular weight is 138 g/mol. The summed E-state index contributed by atoms with van der Waals surface area (Å²) in [5.74, 6) is 0. The van der Waals surface area contributed by atoms with E-state index in [4.69, 9.17) is 11.5 Å². The lowest BCUT2D eigenvalue weighted by Crippen LogP contribution is -1.98. The molecule has 0 aliphatic carbocycles. The summed E-state index contributed by atoms with van der Waals surface area (Å²) in [4.78, 5) is 0. The minimum Gasteiger partial charge on any atom is -0.402 e. The Kier molecular flexibility index (Phi) is 4.12. The summed E-state index contributed by atoms with van der Waals surface area (Å²) in [5.41, 5.74) is 12.3. The van der Waals surface area contributed by atoms with Crippen molar-refractivity contribution in [2.45, 2.75) is 12.8 Å². The summed E-state index contributed by atoms with van der Waals surface area (Å²) in [5, 5.41) is 0. The highest BCUT2D eigenvalue weighted by Gasteiger charge is 1.85. The van der Waals surface area contributed by atoms with Gasteiger partial charge in [-0.3, -0.25) is 0 Å². The van der Waals surface area contributed by atoms with Gasteiger partial charge in [-0.15, -0.1) is 6.58 Å². The molecule has 0 bridgehead atoms. The Bertz CT molecular complexity index is 157. The lowest BCUT2D eigenvalue weighted by molar-refractivity contribution is 1.09. The van der Waals surface area contributed by atoms with E-state index in [-0.39, 0.29) is 0 Å². The number of hydrogen-bond donors (Lipinski definition) is 2. The van der Waals surface area contributed by atoms with Crippen LogP contribution in [0.3, 0.4) is 0 Å². The van der Waals surface area contributed by atoms with Crippen LogP contribution in [0.5, 0.6) is 0 Å². The Hall–Kier alpha value is -1.18. The van der Waals surface area contributed by atoms with Gasteiger partial charge in [0.25, 0.3) is 0 Å². The van der Waals surface area contributed by atoms with Gasteiger partial charge < -0.3 is 11.5 Å². The molecule has 0 saturated carbocycles. The van der Waals surface area contributed by atoms with E-state index in [9.17, 15) is 0 Å². The summed E-state index contributed by atoms with van der Waals surface area (Å²) in [6.07, 6.45) is 4.97. The van der Waals surface area contributed by atoms with Crippen molar-refractivity contribution >= 4 is 0 Å². The SMILES string of the molecule is C=CC/C(N)=C/CC(=C)N. The fourth-order valence-corrected chi connectivity index (χ4v) is 0.512. The highest BCUT2D eigenvalue weighted by molar-refractivity contribution is 5.06. The van der Waals surface area contributed by atoms with E-state index < -0.39 is 0 Å². The molecule has 0 aliphatic rings. The van der Waals surface area contributed by atoms with Gasteiger partial charge in [0.1, 0.15) is 0 Å². The van der Waals surface area contributed by atoms with Gasteiger partial charge in [-0.25, -0.2) is 0 Å². The molecule has 0 amide bonds. The summed E-state index contributed by atoms with van der Waals surface area (Å²) >= 11 is 0. The predicted octanol–water partition coefficient (Wildman–Crippen LogP) is 1.27. The third-order valence-electron chi connectivity index (χ3n) is 1.01. The maximum atomic E-state index is 5.53. The molecule has 0 heterocycles. The van der Waals surface area contributed by atoms with Gasteiger partial charge in [-0.2, -0.15) is 0 Å². The summed E-state index contributed by atoms with van der Waals surface area (Å²) < 4.78 is 0. The van der Waals surface area contributed by atoms with Crippen molar-refractivity contribution in [3.05, 3.63) is 36.7 Å². The molecule has 0 aromatic carbocycles. The first-order valence-electron chi connectivity index (χ1n) is 3.15. The number of nitrogens with two attached hydrogens (primary N) is 2. The van der Waals surface area contributed by atoms with E-state index in [1.165, 1.54) is 0 Å². The van der Waals surface area contributed by atoms with E-state index in [2.05, 4.69) is 13.2 Å². The van der Waals surface area contributed by atoms with Crippen molar-refractivity contribution in [3.63, 3.8) is 0 Å². The molecule has 0 radical (unpaired) electrons. The molecule has 0 aromatic rings. The molecule has 0 aliphatic heterocycles. The third-order valence-corrected chi connectivity index (χ3v) is 1.01. The molecule has 0 aromatic heterocycles. The Morgan fingerprint density at radius 1 is 1.30 bits per heavy atom. The standard InChI is InChI=1S/C8H14N2/c1-3-4-8(10)6-5-7(2)9/h3,6H,1-2,4-5,9-10H2/b8-6-. The highest BCUT2D eigenvalue weighted by atomic mass is 14.6. The van der Waals surface area contributed by atoms with Gasteiger partial charge in [0.05, 0.1) is 0 Å². The lowest BCUT2D eigenvalue weighted by atomic mass is 10.2. The molecule has 0 atom stereocenters. The largest absolute Gasteiger partial charge is 0.402 e. The van der Waals surface area contributed by atoms with Crippen LogP contribution in [0.15, 0.2) is 36.7 Å². The quantitative estimate of drug-likeness (QED) is 0.575. The normalized spacial score (nSPS) is 11.0. The van der Waals surface area contributed by atoms with Crippen LogP contribution in [0.4, 0.5) is 0 Å². The van der Waals surface area contributed by atoms with Crippen molar-refractivity contribution in [2.75, 3.05) is 0 Å². The fourth-order valence-electron chi connectivity index (χ4n) is 0.512. The van der Waals surface area contributed by atoms with Crippen LogP contribution in [0.25, 0.3) is 0 Å². The van der Waals surface area contributed by atoms with E-state index in [1.54, 1.807) is 6.08 Å². The summed E-state index contributed by atoms with van der Waals surface area (Å²) in [7, 11) is 0. The second kappa shape index (κ2) is 4.68. The topological polar surface area (TPSA) is 52.0 Å². The molecule has 2 nitrogen and oxygen atoms in total. The molecule has 2 heteroatoms. The van der Waals surface area contributed by atoms with E-state index in [0.717, 1.165) is 5.70 Å². The summed E-state index contributed by atoms with van der Waals surface area (Å²) in [6, 6.07) is 0. The molecule has 0 saturated heterocycles. The van der Waals surface area contributed by atoms with Gasteiger partial charge >= 0.3 is 0 Å². The molecule has 10 heavy (non-hydrogen) atoms. The zero-order chi connectivity index (χ0) is 7.98. The molecule has 0 rings (SSSR count). The van der Waals surface area contributed by atoms with Crippen molar-refractivity contribution < 1.29 is 0 Å². The van der Waals surface area contributed by atoms with Crippen LogP contribution in [-0.2, 0) is 0 Å². The first kappa shape index (κ1) is 8.82. The third kappa shape index (κ3) is 4.97. The Morgan fingerprint density at radius 3 is 2.30 bits per heavy atom. The van der Waals surface area contributed by atoms with Crippen LogP contribution >= 0.6 is 0 Å². The number of hydrogen-bond acceptors (Lipinski definition) is 2. The molecular weight excluding hydrogens is 124 g/mol. The van der Waals surface area contributed by atoms with E-state index >= 15 is 0 Å². The second-order valence-corrected chi connectivity index (χ2v) is 2.13. The average Bonchev–Trinajstić information content (AvgIpc) is 1.85. The lowest BCUT2D eigenvalue weighted by Gasteiger charge is -1.95. The monoisotopic (exact) mass is 138 g/mol. The van der Waals surface area contributed by atoms with Crippen molar-refractivity contribution in [1.29, 1.82) is 0 Å². The second-order valence-electron chi connectivity index (χ2n) is 2.13. The van der Waals surface area contributed by atoms with Crippen LogP contribution in [-0.4, -0.2) is 0 Å². The van der Waals surface area contributed by atoms with Gasteiger partial charge in [-0.05, 0) is 0 Å². The van der Waals surface area contributed by atoms with E-state index in [1.807, 2.05) is 6.08 Å². The maximum absolute atomic E-state index is 5.53. The highest BCUT2D eigenvalue weighted by Crippen LogP contribution is 1.97.